The van der Waals surface area contributed by atoms with Crippen LogP contribution in [-0.4, -0.2) is 22.7 Å². The first-order valence-electron chi connectivity index (χ1n) is 8.52. The van der Waals surface area contributed by atoms with Gasteiger partial charge in [0.2, 0.25) is 0 Å². The van der Waals surface area contributed by atoms with E-state index in [1.54, 1.807) is 51.1 Å². The van der Waals surface area contributed by atoms with Crippen molar-refractivity contribution in [3.63, 3.8) is 0 Å². The van der Waals surface area contributed by atoms with E-state index in [1.165, 1.54) is 0 Å². The third-order valence-electron chi connectivity index (χ3n) is 4.34. The number of ether oxygens (including phenoxy) is 1. The summed E-state index contributed by atoms with van der Waals surface area (Å²) in [6, 6.07) is 12.3. The molecule has 1 atom stereocenters. The van der Waals surface area contributed by atoms with Gasteiger partial charge in [0.25, 0.3) is 5.91 Å². The second kappa shape index (κ2) is 5.95. The Morgan fingerprint density at radius 3 is 2.19 bits per heavy atom. The smallest absolute Gasteiger partial charge is 0.421 e. The molecule has 3 rings (SSSR count). The lowest BCUT2D eigenvalue weighted by atomic mass is 9.86. The van der Waals surface area contributed by atoms with Crippen molar-refractivity contribution in [3.8, 4) is 0 Å². The van der Waals surface area contributed by atoms with Gasteiger partial charge in [-0.15, -0.1) is 0 Å². The first-order chi connectivity index (χ1) is 12.0. The zero-order chi connectivity index (χ0) is 19.3. The average molecular weight is 353 g/mol. The van der Waals surface area contributed by atoms with Crippen molar-refractivity contribution in [3.05, 3.63) is 64.7 Å². The van der Waals surface area contributed by atoms with Gasteiger partial charge in [0.1, 0.15) is 5.60 Å². The molecule has 0 radical (unpaired) electrons. The monoisotopic (exact) mass is 353 g/mol. The summed E-state index contributed by atoms with van der Waals surface area (Å²) in [5, 5.41) is 11.4. The van der Waals surface area contributed by atoms with Crippen LogP contribution in [0.3, 0.4) is 0 Å². The lowest BCUT2D eigenvalue weighted by Gasteiger charge is -2.25. The number of nitrogens with zero attached hydrogens (tertiary/aromatic N) is 1. The van der Waals surface area contributed by atoms with E-state index < -0.39 is 23.2 Å². The SMILES string of the molecule is Cc1ccc([C@@]2(O)C(=O)N(C(=O)OC(C)(C)C)c3ccc(C)cc32)cc1. The average Bonchev–Trinajstić information content (AvgIpc) is 2.75. The number of benzene rings is 2. The van der Waals surface area contributed by atoms with E-state index in [0.717, 1.165) is 16.0 Å². The van der Waals surface area contributed by atoms with Gasteiger partial charge >= 0.3 is 6.09 Å². The third kappa shape index (κ3) is 2.88. The molecule has 136 valence electrons. The molecule has 5 nitrogen and oxygen atoms in total. The molecule has 26 heavy (non-hydrogen) atoms. The second-order valence-corrected chi connectivity index (χ2v) is 7.72. The number of aryl methyl sites for hydroxylation is 2. The molecule has 1 N–H and O–H groups in total. The number of carbonyl (C=O) groups excluding carboxylic acids is 2. The summed E-state index contributed by atoms with van der Waals surface area (Å²) in [5.74, 6) is -0.726. The van der Waals surface area contributed by atoms with Crippen molar-refractivity contribution in [2.24, 2.45) is 0 Å². The van der Waals surface area contributed by atoms with Crippen LogP contribution in [0.25, 0.3) is 0 Å². The molecule has 0 aromatic heterocycles. The summed E-state index contributed by atoms with van der Waals surface area (Å²) in [6.45, 7) is 8.99. The summed E-state index contributed by atoms with van der Waals surface area (Å²) in [7, 11) is 0. The summed E-state index contributed by atoms with van der Waals surface area (Å²) in [6.07, 6.45) is -0.796. The fourth-order valence-electron chi connectivity index (χ4n) is 3.08. The highest BCUT2D eigenvalue weighted by Crippen LogP contribution is 2.45. The van der Waals surface area contributed by atoms with Crippen molar-refractivity contribution in [1.82, 2.24) is 0 Å². The Morgan fingerprint density at radius 2 is 1.62 bits per heavy atom. The highest BCUT2D eigenvalue weighted by molar-refractivity contribution is 6.21. The highest BCUT2D eigenvalue weighted by atomic mass is 16.6. The fourth-order valence-corrected chi connectivity index (χ4v) is 3.08. The van der Waals surface area contributed by atoms with Crippen LogP contribution in [0.1, 0.15) is 43.0 Å². The zero-order valence-corrected chi connectivity index (χ0v) is 15.7. The number of hydrogen-bond donors (Lipinski definition) is 1. The molecule has 5 heteroatoms. The maximum Gasteiger partial charge on any atom is 0.421 e. The molecule has 0 saturated carbocycles. The normalized spacial score (nSPS) is 19.5. The maximum absolute atomic E-state index is 13.2. The summed E-state index contributed by atoms with van der Waals surface area (Å²) in [5.41, 5.74) is 0.365. The molecule has 1 aliphatic heterocycles. The Balaban J connectivity index is 2.16. The minimum atomic E-state index is -1.92. The van der Waals surface area contributed by atoms with E-state index in [0.29, 0.717) is 16.8 Å². The molecule has 0 unspecified atom stereocenters. The lowest BCUT2D eigenvalue weighted by molar-refractivity contribution is -0.131. The summed E-state index contributed by atoms with van der Waals surface area (Å²) >= 11 is 0. The van der Waals surface area contributed by atoms with E-state index in [-0.39, 0.29) is 0 Å². The largest absolute Gasteiger partial charge is 0.443 e. The molecule has 1 aliphatic rings. The van der Waals surface area contributed by atoms with Crippen LogP contribution < -0.4 is 4.90 Å². The topological polar surface area (TPSA) is 66.8 Å². The second-order valence-electron chi connectivity index (χ2n) is 7.72. The molecular formula is C21H23NO4. The van der Waals surface area contributed by atoms with Gasteiger partial charge in [0, 0.05) is 5.56 Å². The first-order valence-corrected chi connectivity index (χ1v) is 8.52. The number of amides is 2. The number of hydrogen-bond acceptors (Lipinski definition) is 4. The summed E-state index contributed by atoms with van der Waals surface area (Å²) in [4.78, 5) is 26.8. The van der Waals surface area contributed by atoms with Crippen molar-refractivity contribution < 1.29 is 19.4 Å². The van der Waals surface area contributed by atoms with Crippen molar-refractivity contribution >= 4 is 17.7 Å². The molecule has 0 spiro atoms. The molecule has 0 saturated heterocycles. The highest BCUT2D eigenvalue weighted by Gasteiger charge is 2.54. The Bertz CT molecular complexity index is 880. The van der Waals surface area contributed by atoms with Gasteiger partial charge in [-0.25, -0.2) is 9.69 Å². The number of imide groups is 1. The molecular weight excluding hydrogens is 330 g/mol. The molecule has 1 heterocycles. The lowest BCUT2D eigenvalue weighted by Crippen LogP contribution is -2.45. The van der Waals surface area contributed by atoms with Crippen LogP contribution in [0, 0.1) is 13.8 Å². The van der Waals surface area contributed by atoms with Crippen molar-refractivity contribution in [2.75, 3.05) is 4.90 Å². The van der Waals surface area contributed by atoms with Gasteiger partial charge in [-0.05, 0) is 46.2 Å². The van der Waals surface area contributed by atoms with Crippen LogP contribution in [0.2, 0.25) is 0 Å². The number of rotatable bonds is 1. The molecule has 2 amide bonds. The molecule has 0 aliphatic carbocycles. The minimum absolute atomic E-state index is 0.345. The number of aliphatic hydroxyl groups is 1. The van der Waals surface area contributed by atoms with E-state index in [2.05, 4.69) is 0 Å². The standard InChI is InChI=1S/C21H23NO4/c1-13-6-9-15(10-7-13)21(25)16-12-14(2)8-11-17(16)22(18(21)23)19(24)26-20(3,4)5/h6-12,25H,1-5H3/t21-/m0/s1. The van der Waals surface area contributed by atoms with Crippen molar-refractivity contribution in [1.29, 1.82) is 0 Å². The van der Waals surface area contributed by atoms with Gasteiger partial charge in [-0.3, -0.25) is 4.79 Å². The predicted molar refractivity (Wildman–Crippen MR) is 99.1 cm³/mol. The van der Waals surface area contributed by atoms with Gasteiger partial charge in [0.05, 0.1) is 5.69 Å². The number of carbonyl (C=O) groups is 2. The Labute approximate surface area is 153 Å². The molecule has 2 aromatic carbocycles. The fraction of sp³-hybridized carbons (Fsp3) is 0.333. The van der Waals surface area contributed by atoms with Crippen LogP contribution in [0.5, 0.6) is 0 Å². The molecule has 0 bridgehead atoms. The van der Waals surface area contributed by atoms with Crippen LogP contribution in [0.15, 0.2) is 42.5 Å². The zero-order valence-electron chi connectivity index (χ0n) is 15.7. The summed E-state index contributed by atoms with van der Waals surface area (Å²) < 4.78 is 5.38. The van der Waals surface area contributed by atoms with Crippen LogP contribution in [0.4, 0.5) is 10.5 Å². The maximum atomic E-state index is 13.2. The number of fused-ring (bicyclic) bond motifs is 1. The van der Waals surface area contributed by atoms with E-state index in [4.69, 9.17) is 4.74 Å². The first kappa shape index (κ1) is 18.1. The van der Waals surface area contributed by atoms with Gasteiger partial charge < -0.3 is 9.84 Å². The van der Waals surface area contributed by atoms with Gasteiger partial charge in [0.15, 0.2) is 5.60 Å². The molecule has 0 fully saturated rings. The Kier molecular flexibility index (Phi) is 4.15. The van der Waals surface area contributed by atoms with E-state index in [9.17, 15) is 14.7 Å². The van der Waals surface area contributed by atoms with E-state index >= 15 is 0 Å². The third-order valence-corrected chi connectivity index (χ3v) is 4.34. The van der Waals surface area contributed by atoms with Gasteiger partial charge in [-0.2, -0.15) is 0 Å². The Morgan fingerprint density at radius 1 is 1.04 bits per heavy atom. The predicted octanol–water partition coefficient (Wildman–Crippen LogP) is 3.82. The van der Waals surface area contributed by atoms with E-state index in [1.807, 2.05) is 26.0 Å². The van der Waals surface area contributed by atoms with Crippen molar-refractivity contribution in [2.45, 2.75) is 45.8 Å². The Hall–Kier alpha value is -2.66. The quantitative estimate of drug-likeness (QED) is 0.846. The van der Waals surface area contributed by atoms with Crippen LogP contribution >= 0.6 is 0 Å². The van der Waals surface area contributed by atoms with Gasteiger partial charge in [-0.1, -0.05) is 47.5 Å². The minimum Gasteiger partial charge on any atom is -0.443 e. The molecule has 2 aromatic rings. The van der Waals surface area contributed by atoms with Crippen LogP contribution in [-0.2, 0) is 15.1 Å². The number of anilines is 1.